The monoisotopic (exact) mass is 244 g/mol. The van der Waals surface area contributed by atoms with Crippen molar-refractivity contribution in [1.29, 1.82) is 0 Å². The number of halogens is 3. The van der Waals surface area contributed by atoms with Gasteiger partial charge in [-0.15, -0.1) is 0 Å². The van der Waals surface area contributed by atoms with E-state index in [1.165, 1.54) is 12.1 Å². The fourth-order valence-electron chi connectivity index (χ4n) is 2.06. The van der Waals surface area contributed by atoms with Crippen molar-refractivity contribution in [1.82, 2.24) is 5.32 Å². The summed E-state index contributed by atoms with van der Waals surface area (Å²) in [6.45, 7) is 0.968. The second-order valence-electron chi connectivity index (χ2n) is 4.27. The number of nitrogens with zero attached hydrogens (tertiary/aromatic N) is 1. The molecule has 1 unspecified atom stereocenters. The second-order valence-corrected chi connectivity index (χ2v) is 4.27. The summed E-state index contributed by atoms with van der Waals surface area (Å²) in [5, 5.41) is 3.30. The Morgan fingerprint density at radius 1 is 1.24 bits per heavy atom. The van der Waals surface area contributed by atoms with E-state index in [0.717, 1.165) is 37.2 Å². The SMILES string of the molecule is CN(c1ccc(C(F)(F)F)cc1)C1CCCN1. The molecule has 1 atom stereocenters. The Kier molecular flexibility index (Phi) is 3.28. The highest BCUT2D eigenvalue weighted by molar-refractivity contribution is 5.48. The van der Waals surface area contributed by atoms with E-state index in [2.05, 4.69) is 5.32 Å². The van der Waals surface area contributed by atoms with E-state index in [1.807, 2.05) is 11.9 Å². The van der Waals surface area contributed by atoms with Crippen molar-refractivity contribution in [2.45, 2.75) is 25.2 Å². The van der Waals surface area contributed by atoms with Gasteiger partial charge in [0.2, 0.25) is 0 Å². The van der Waals surface area contributed by atoms with Gasteiger partial charge in [0.25, 0.3) is 0 Å². The maximum Gasteiger partial charge on any atom is 0.416 e. The zero-order valence-electron chi connectivity index (χ0n) is 9.59. The van der Waals surface area contributed by atoms with Gasteiger partial charge in [0.05, 0.1) is 11.7 Å². The average Bonchev–Trinajstić information content (AvgIpc) is 2.80. The Hall–Kier alpha value is -1.23. The van der Waals surface area contributed by atoms with E-state index in [4.69, 9.17) is 0 Å². The van der Waals surface area contributed by atoms with Gasteiger partial charge < -0.3 is 4.90 Å². The third kappa shape index (κ3) is 2.72. The van der Waals surface area contributed by atoms with Gasteiger partial charge in [0.1, 0.15) is 0 Å². The molecule has 1 aromatic carbocycles. The summed E-state index contributed by atoms with van der Waals surface area (Å²) in [5.41, 5.74) is 0.200. The number of rotatable bonds is 2. The zero-order chi connectivity index (χ0) is 12.5. The van der Waals surface area contributed by atoms with E-state index in [1.54, 1.807) is 0 Å². The molecule has 1 saturated heterocycles. The number of anilines is 1. The molecule has 0 radical (unpaired) electrons. The lowest BCUT2D eigenvalue weighted by atomic mass is 10.2. The summed E-state index contributed by atoms with van der Waals surface area (Å²) in [6.07, 6.45) is -1.90. The zero-order valence-corrected chi connectivity index (χ0v) is 9.59. The maximum atomic E-state index is 12.4. The maximum absolute atomic E-state index is 12.4. The van der Waals surface area contributed by atoms with Crippen LogP contribution in [-0.4, -0.2) is 19.8 Å². The van der Waals surface area contributed by atoms with Gasteiger partial charge in [0.15, 0.2) is 0 Å². The van der Waals surface area contributed by atoms with Crippen LogP contribution in [0.3, 0.4) is 0 Å². The number of hydrogen-bond acceptors (Lipinski definition) is 2. The molecule has 1 heterocycles. The van der Waals surface area contributed by atoms with Crippen LogP contribution < -0.4 is 10.2 Å². The summed E-state index contributed by atoms with van der Waals surface area (Å²) in [5.74, 6) is 0. The van der Waals surface area contributed by atoms with Gasteiger partial charge in [-0.3, -0.25) is 5.32 Å². The van der Waals surface area contributed by atoms with Crippen molar-refractivity contribution in [2.24, 2.45) is 0 Å². The third-order valence-electron chi connectivity index (χ3n) is 3.10. The molecule has 2 nitrogen and oxygen atoms in total. The second kappa shape index (κ2) is 4.56. The number of nitrogens with one attached hydrogen (secondary N) is 1. The predicted molar refractivity (Wildman–Crippen MR) is 60.9 cm³/mol. The first-order valence-electron chi connectivity index (χ1n) is 5.62. The molecule has 1 aliphatic heterocycles. The quantitative estimate of drug-likeness (QED) is 0.860. The molecular formula is C12H15F3N2. The number of alkyl halides is 3. The molecule has 1 aromatic rings. The molecule has 1 aliphatic rings. The molecule has 0 aliphatic carbocycles. The molecule has 1 fully saturated rings. The van der Waals surface area contributed by atoms with Crippen LogP contribution in [0.4, 0.5) is 18.9 Å². The number of benzene rings is 1. The van der Waals surface area contributed by atoms with Crippen LogP contribution in [0, 0.1) is 0 Å². The van der Waals surface area contributed by atoms with Gasteiger partial charge in [-0.2, -0.15) is 13.2 Å². The predicted octanol–water partition coefficient (Wildman–Crippen LogP) is 2.85. The summed E-state index contributed by atoms with van der Waals surface area (Å²) >= 11 is 0. The molecular weight excluding hydrogens is 229 g/mol. The molecule has 0 amide bonds. The summed E-state index contributed by atoms with van der Waals surface area (Å²) in [6, 6.07) is 5.28. The lowest BCUT2D eigenvalue weighted by molar-refractivity contribution is -0.137. The first kappa shape index (κ1) is 12.2. The lowest BCUT2D eigenvalue weighted by Gasteiger charge is -2.27. The summed E-state index contributed by atoms with van der Waals surface area (Å²) in [4.78, 5) is 1.98. The molecule has 0 saturated carbocycles. The Bertz CT molecular complexity index is 366. The van der Waals surface area contributed by atoms with Crippen LogP contribution in [0.2, 0.25) is 0 Å². The molecule has 17 heavy (non-hydrogen) atoms. The molecule has 5 heteroatoms. The van der Waals surface area contributed by atoms with Crippen molar-refractivity contribution >= 4 is 5.69 Å². The van der Waals surface area contributed by atoms with Crippen LogP contribution in [0.25, 0.3) is 0 Å². The smallest absolute Gasteiger partial charge is 0.359 e. The molecule has 0 aromatic heterocycles. The van der Waals surface area contributed by atoms with Gasteiger partial charge >= 0.3 is 6.18 Å². The van der Waals surface area contributed by atoms with Crippen molar-refractivity contribution in [2.75, 3.05) is 18.5 Å². The molecule has 1 N–H and O–H groups in total. The van der Waals surface area contributed by atoms with Crippen LogP contribution in [0.15, 0.2) is 24.3 Å². The van der Waals surface area contributed by atoms with Gasteiger partial charge in [-0.25, -0.2) is 0 Å². The molecule has 94 valence electrons. The lowest BCUT2D eigenvalue weighted by Crippen LogP contribution is -2.39. The van der Waals surface area contributed by atoms with Crippen LogP contribution in [-0.2, 0) is 6.18 Å². The highest BCUT2D eigenvalue weighted by atomic mass is 19.4. The van der Waals surface area contributed by atoms with Gasteiger partial charge in [-0.05, 0) is 43.7 Å². The first-order valence-corrected chi connectivity index (χ1v) is 5.62. The minimum absolute atomic E-state index is 0.228. The van der Waals surface area contributed by atoms with Crippen LogP contribution >= 0.6 is 0 Å². The standard InChI is InChI=1S/C12H15F3N2/c1-17(11-3-2-8-16-11)10-6-4-9(5-7-10)12(13,14)15/h4-7,11,16H,2-3,8H2,1H3. The Morgan fingerprint density at radius 3 is 2.35 bits per heavy atom. The highest BCUT2D eigenvalue weighted by Gasteiger charge is 2.30. The average molecular weight is 244 g/mol. The minimum Gasteiger partial charge on any atom is -0.359 e. The van der Waals surface area contributed by atoms with Gasteiger partial charge in [-0.1, -0.05) is 0 Å². The van der Waals surface area contributed by atoms with Crippen LogP contribution in [0.5, 0.6) is 0 Å². The van der Waals surface area contributed by atoms with Crippen molar-refractivity contribution in [3.05, 3.63) is 29.8 Å². The van der Waals surface area contributed by atoms with E-state index >= 15 is 0 Å². The minimum atomic E-state index is -4.26. The molecule has 2 rings (SSSR count). The Morgan fingerprint density at radius 2 is 1.88 bits per heavy atom. The highest BCUT2D eigenvalue weighted by Crippen LogP contribution is 2.30. The van der Waals surface area contributed by atoms with Crippen molar-refractivity contribution in [3.8, 4) is 0 Å². The van der Waals surface area contributed by atoms with E-state index in [9.17, 15) is 13.2 Å². The Labute approximate surface area is 98.4 Å². The normalized spacial score (nSPS) is 20.6. The summed E-state index contributed by atoms with van der Waals surface area (Å²) < 4.78 is 37.2. The van der Waals surface area contributed by atoms with Crippen molar-refractivity contribution < 1.29 is 13.2 Å². The third-order valence-corrected chi connectivity index (χ3v) is 3.10. The van der Waals surface area contributed by atoms with Crippen molar-refractivity contribution in [3.63, 3.8) is 0 Å². The van der Waals surface area contributed by atoms with E-state index < -0.39 is 11.7 Å². The summed E-state index contributed by atoms with van der Waals surface area (Å²) in [7, 11) is 1.89. The fraction of sp³-hybridized carbons (Fsp3) is 0.500. The topological polar surface area (TPSA) is 15.3 Å². The Balaban J connectivity index is 2.12. The van der Waals surface area contributed by atoms with E-state index in [0.29, 0.717) is 0 Å². The first-order chi connectivity index (χ1) is 7.98. The molecule has 0 spiro atoms. The van der Waals surface area contributed by atoms with Crippen LogP contribution in [0.1, 0.15) is 18.4 Å². The van der Waals surface area contributed by atoms with E-state index in [-0.39, 0.29) is 6.17 Å². The largest absolute Gasteiger partial charge is 0.416 e. The fourth-order valence-corrected chi connectivity index (χ4v) is 2.06. The molecule has 0 bridgehead atoms. The number of hydrogen-bond donors (Lipinski definition) is 1. The van der Waals surface area contributed by atoms with Gasteiger partial charge in [0, 0.05) is 12.7 Å².